The largest absolute Gasteiger partial charge is 0.339 e. The first-order valence-electron chi connectivity index (χ1n) is 7.16. The van der Waals surface area contributed by atoms with Crippen LogP contribution in [0.5, 0.6) is 0 Å². The topological polar surface area (TPSA) is 66.6 Å². The normalized spacial score (nSPS) is 16.5. The second kappa shape index (κ2) is 6.83. The second-order valence-corrected chi connectivity index (χ2v) is 5.48. The zero-order chi connectivity index (χ0) is 16.3. The first kappa shape index (κ1) is 16.4. The van der Waals surface area contributed by atoms with Crippen molar-refractivity contribution < 1.29 is 18.4 Å². The van der Waals surface area contributed by atoms with Gasteiger partial charge in [0.05, 0.1) is 5.56 Å². The van der Waals surface area contributed by atoms with Crippen LogP contribution in [0.3, 0.4) is 0 Å². The predicted molar refractivity (Wildman–Crippen MR) is 77.1 cm³/mol. The molecule has 0 aliphatic carbocycles. The maximum atomic E-state index is 13.6. The number of benzene rings is 1. The van der Waals surface area contributed by atoms with E-state index in [0.717, 1.165) is 12.1 Å². The van der Waals surface area contributed by atoms with E-state index >= 15 is 0 Å². The molecule has 2 N–H and O–H groups in total. The molecule has 1 aliphatic heterocycles. The summed E-state index contributed by atoms with van der Waals surface area (Å²) in [4.78, 5) is 27.2. The Kier molecular flexibility index (Phi) is 5.07. The Labute approximate surface area is 127 Å². The molecular weight excluding hydrogens is 292 g/mol. The molecular formula is C15H19F2N3O2. The van der Waals surface area contributed by atoms with Crippen molar-refractivity contribution in [2.24, 2.45) is 5.73 Å². The third-order valence-electron chi connectivity index (χ3n) is 3.58. The van der Waals surface area contributed by atoms with Crippen molar-refractivity contribution >= 4 is 11.8 Å². The fourth-order valence-corrected chi connectivity index (χ4v) is 2.40. The van der Waals surface area contributed by atoms with Crippen LogP contribution in [-0.4, -0.2) is 53.8 Å². The second-order valence-electron chi connectivity index (χ2n) is 5.48. The number of hydrogen-bond acceptors (Lipinski definition) is 3. The van der Waals surface area contributed by atoms with Crippen LogP contribution in [0.2, 0.25) is 0 Å². The van der Waals surface area contributed by atoms with E-state index in [0.29, 0.717) is 32.2 Å². The fraction of sp³-hybridized carbons (Fsp3) is 0.467. The van der Waals surface area contributed by atoms with Gasteiger partial charge in [0.25, 0.3) is 5.91 Å². The smallest absolute Gasteiger partial charge is 0.256 e. The van der Waals surface area contributed by atoms with E-state index in [-0.39, 0.29) is 23.9 Å². The number of hydrogen-bond donors (Lipinski definition) is 1. The molecule has 1 saturated heterocycles. The van der Waals surface area contributed by atoms with E-state index in [1.54, 1.807) is 11.8 Å². The van der Waals surface area contributed by atoms with Crippen LogP contribution in [0.1, 0.15) is 23.7 Å². The standard InChI is InChI=1S/C15H19F2N3O2/c1-10(18)8-14(21)19-4-6-20(7-5-19)15(22)12-3-2-11(16)9-13(12)17/h2-3,9-10H,4-8,18H2,1H3. The number of nitrogens with zero attached hydrogens (tertiary/aromatic N) is 2. The van der Waals surface area contributed by atoms with Gasteiger partial charge in [-0.1, -0.05) is 0 Å². The Bertz CT molecular complexity index is 570. The minimum atomic E-state index is -0.875. The van der Waals surface area contributed by atoms with Crippen LogP contribution >= 0.6 is 0 Å². The number of nitrogens with two attached hydrogens (primary N) is 1. The molecule has 5 nitrogen and oxygen atoms in total. The molecule has 0 saturated carbocycles. The van der Waals surface area contributed by atoms with Gasteiger partial charge in [-0.3, -0.25) is 9.59 Å². The molecule has 120 valence electrons. The van der Waals surface area contributed by atoms with Crippen molar-refractivity contribution in [1.29, 1.82) is 0 Å². The lowest BCUT2D eigenvalue weighted by atomic mass is 10.1. The van der Waals surface area contributed by atoms with E-state index in [9.17, 15) is 18.4 Å². The molecule has 0 spiro atoms. The van der Waals surface area contributed by atoms with Crippen LogP contribution in [0.25, 0.3) is 0 Å². The predicted octanol–water partition coefficient (Wildman–Crippen LogP) is 0.987. The third-order valence-corrected chi connectivity index (χ3v) is 3.58. The number of carbonyl (C=O) groups is 2. The summed E-state index contributed by atoms with van der Waals surface area (Å²) in [5.41, 5.74) is 5.44. The van der Waals surface area contributed by atoms with Gasteiger partial charge < -0.3 is 15.5 Å². The van der Waals surface area contributed by atoms with Gasteiger partial charge in [0, 0.05) is 44.7 Å². The van der Waals surface area contributed by atoms with Gasteiger partial charge in [-0.05, 0) is 19.1 Å². The Hall–Kier alpha value is -2.02. The van der Waals surface area contributed by atoms with Crippen molar-refractivity contribution in [1.82, 2.24) is 9.80 Å². The Morgan fingerprint density at radius 2 is 1.77 bits per heavy atom. The molecule has 1 aromatic carbocycles. The van der Waals surface area contributed by atoms with Gasteiger partial charge in [0.15, 0.2) is 0 Å². The Morgan fingerprint density at radius 3 is 2.32 bits per heavy atom. The highest BCUT2D eigenvalue weighted by molar-refractivity contribution is 5.94. The number of rotatable bonds is 3. The van der Waals surface area contributed by atoms with Crippen molar-refractivity contribution in [2.45, 2.75) is 19.4 Å². The summed E-state index contributed by atoms with van der Waals surface area (Å²) in [6.45, 7) is 3.18. The number of halogens is 2. The van der Waals surface area contributed by atoms with Crippen LogP contribution in [0.4, 0.5) is 8.78 Å². The van der Waals surface area contributed by atoms with E-state index in [1.165, 1.54) is 4.90 Å². The average Bonchev–Trinajstić information content (AvgIpc) is 2.46. The Balaban J connectivity index is 1.96. The van der Waals surface area contributed by atoms with Gasteiger partial charge >= 0.3 is 0 Å². The number of amides is 2. The summed E-state index contributed by atoms with van der Waals surface area (Å²) >= 11 is 0. The van der Waals surface area contributed by atoms with E-state index in [4.69, 9.17) is 5.73 Å². The van der Waals surface area contributed by atoms with Crippen LogP contribution in [0, 0.1) is 11.6 Å². The molecule has 22 heavy (non-hydrogen) atoms. The minimum absolute atomic E-state index is 0.0462. The maximum Gasteiger partial charge on any atom is 0.256 e. The minimum Gasteiger partial charge on any atom is -0.339 e. The highest BCUT2D eigenvalue weighted by Crippen LogP contribution is 2.14. The van der Waals surface area contributed by atoms with Gasteiger partial charge in [-0.15, -0.1) is 0 Å². The van der Waals surface area contributed by atoms with Crippen LogP contribution < -0.4 is 5.73 Å². The van der Waals surface area contributed by atoms with Crippen molar-refractivity contribution in [3.8, 4) is 0 Å². The van der Waals surface area contributed by atoms with Gasteiger partial charge in [0.1, 0.15) is 11.6 Å². The first-order valence-corrected chi connectivity index (χ1v) is 7.16. The summed E-state index contributed by atoms with van der Waals surface area (Å²) in [6.07, 6.45) is 0.264. The van der Waals surface area contributed by atoms with Gasteiger partial charge in [-0.2, -0.15) is 0 Å². The molecule has 2 amide bonds. The molecule has 0 bridgehead atoms. The quantitative estimate of drug-likeness (QED) is 0.905. The average molecular weight is 311 g/mol. The lowest BCUT2D eigenvalue weighted by Crippen LogP contribution is -2.51. The van der Waals surface area contributed by atoms with E-state index in [2.05, 4.69) is 0 Å². The molecule has 0 radical (unpaired) electrons. The molecule has 1 aliphatic rings. The highest BCUT2D eigenvalue weighted by Gasteiger charge is 2.26. The molecule has 1 fully saturated rings. The van der Waals surface area contributed by atoms with Gasteiger partial charge in [0.2, 0.25) is 5.91 Å². The summed E-state index contributed by atoms with van der Waals surface area (Å²) in [5, 5.41) is 0. The van der Waals surface area contributed by atoms with E-state index < -0.39 is 17.5 Å². The molecule has 1 aromatic rings. The summed E-state index contributed by atoms with van der Waals surface area (Å²) in [7, 11) is 0. The number of piperazine rings is 1. The van der Waals surface area contributed by atoms with Crippen LogP contribution in [-0.2, 0) is 4.79 Å². The molecule has 1 unspecified atom stereocenters. The zero-order valence-corrected chi connectivity index (χ0v) is 12.4. The SMILES string of the molecule is CC(N)CC(=O)N1CCN(C(=O)c2ccc(F)cc2F)CC1. The van der Waals surface area contributed by atoms with Crippen molar-refractivity contribution in [2.75, 3.05) is 26.2 Å². The van der Waals surface area contributed by atoms with E-state index in [1.807, 2.05) is 0 Å². The third kappa shape index (κ3) is 3.79. The molecule has 2 rings (SSSR count). The maximum absolute atomic E-state index is 13.6. The fourth-order valence-electron chi connectivity index (χ4n) is 2.40. The molecule has 7 heteroatoms. The summed E-state index contributed by atoms with van der Waals surface area (Å²) in [6, 6.07) is 2.68. The Morgan fingerprint density at radius 1 is 1.18 bits per heavy atom. The monoisotopic (exact) mass is 311 g/mol. The van der Waals surface area contributed by atoms with Gasteiger partial charge in [-0.25, -0.2) is 8.78 Å². The first-order chi connectivity index (χ1) is 10.4. The zero-order valence-electron chi connectivity index (χ0n) is 12.4. The van der Waals surface area contributed by atoms with Crippen molar-refractivity contribution in [3.63, 3.8) is 0 Å². The molecule has 0 aromatic heterocycles. The summed E-state index contributed by atoms with van der Waals surface area (Å²) in [5.74, 6) is -2.13. The lowest BCUT2D eigenvalue weighted by molar-refractivity contribution is -0.132. The summed E-state index contributed by atoms with van der Waals surface area (Å²) < 4.78 is 26.5. The molecule has 1 atom stereocenters. The van der Waals surface area contributed by atoms with Crippen molar-refractivity contribution in [3.05, 3.63) is 35.4 Å². The molecule has 1 heterocycles. The number of carbonyl (C=O) groups excluding carboxylic acids is 2. The highest BCUT2D eigenvalue weighted by atomic mass is 19.1. The van der Waals surface area contributed by atoms with Crippen LogP contribution in [0.15, 0.2) is 18.2 Å². The lowest BCUT2D eigenvalue weighted by Gasteiger charge is -2.35.